The summed E-state index contributed by atoms with van der Waals surface area (Å²) < 4.78 is 0. The SMILES string of the molecule is Cc1cc([N+](=O)[O-])cc(Cl)c1NCC1CC(=O)N(C2CC2)C1. The van der Waals surface area contributed by atoms with Gasteiger partial charge in [-0.15, -0.1) is 0 Å². The number of carbonyl (C=O) groups is 1. The Balaban J connectivity index is 1.64. The molecule has 1 aliphatic heterocycles. The molecule has 0 radical (unpaired) electrons. The van der Waals surface area contributed by atoms with E-state index in [1.54, 1.807) is 6.92 Å². The van der Waals surface area contributed by atoms with E-state index in [0.29, 0.717) is 29.7 Å². The Morgan fingerprint density at radius 2 is 2.18 bits per heavy atom. The molecule has 0 aromatic heterocycles. The average molecular weight is 324 g/mol. The van der Waals surface area contributed by atoms with E-state index in [1.807, 2.05) is 4.90 Å². The zero-order chi connectivity index (χ0) is 15.9. The van der Waals surface area contributed by atoms with Gasteiger partial charge in [0.1, 0.15) is 0 Å². The molecule has 1 saturated heterocycles. The number of benzene rings is 1. The van der Waals surface area contributed by atoms with E-state index >= 15 is 0 Å². The zero-order valence-corrected chi connectivity index (χ0v) is 13.1. The van der Waals surface area contributed by atoms with Crippen LogP contribution in [-0.4, -0.2) is 34.9 Å². The van der Waals surface area contributed by atoms with Crippen molar-refractivity contribution in [2.75, 3.05) is 18.4 Å². The van der Waals surface area contributed by atoms with Gasteiger partial charge in [0.25, 0.3) is 5.69 Å². The monoisotopic (exact) mass is 323 g/mol. The maximum Gasteiger partial charge on any atom is 0.271 e. The van der Waals surface area contributed by atoms with E-state index in [9.17, 15) is 14.9 Å². The second-order valence-electron chi connectivity index (χ2n) is 6.10. The van der Waals surface area contributed by atoms with Gasteiger partial charge in [0.2, 0.25) is 5.91 Å². The van der Waals surface area contributed by atoms with Crippen molar-refractivity contribution in [1.29, 1.82) is 0 Å². The van der Waals surface area contributed by atoms with Crippen LogP contribution in [0, 0.1) is 23.0 Å². The molecular weight excluding hydrogens is 306 g/mol. The van der Waals surface area contributed by atoms with Gasteiger partial charge in [0.15, 0.2) is 0 Å². The Morgan fingerprint density at radius 3 is 2.77 bits per heavy atom. The zero-order valence-electron chi connectivity index (χ0n) is 12.3. The van der Waals surface area contributed by atoms with Gasteiger partial charge in [-0.3, -0.25) is 14.9 Å². The Kier molecular flexibility index (Phi) is 3.95. The molecular formula is C15H18ClN3O3. The number of aryl methyl sites for hydroxylation is 1. The molecule has 2 aliphatic rings. The van der Waals surface area contributed by atoms with Crippen LogP contribution in [0.2, 0.25) is 5.02 Å². The van der Waals surface area contributed by atoms with Gasteiger partial charge in [0, 0.05) is 43.6 Å². The number of rotatable bonds is 5. The molecule has 3 rings (SSSR count). The summed E-state index contributed by atoms with van der Waals surface area (Å²) in [5.74, 6) is 0.500. The van der Waals surface area contributed by atoms with Crippen LogP contribution >= 0.6 is 11.6 Å². The summed E-state index contributed by atoms with van der Waals surface area (Å²) in [6.07, 6.45) is 2.81. The number of nitro benzene ring substituents is 1. The highest BCUT2D eigenvalue weighted by Crippen LogP contribution is 2.34. The molecule has 1 saturated carbocycles. The Morgan fingerprint density at radius 1 is 1.45 bits per heavy atom. The first kappa shape index (κ1) is 15.1. The number of hydrogen-bond acceptors (Lipinski definition) is 4. The number of anilines is 1. The van der Waals surface area contributed by atoms with Crippen molar-refractivity contribution in [1.82, 2.24) is 4.90 Å². The van der Waals surface area contributed by atoms with Gasteiger partial charge >= 0.3 is 0 Å². The molecule has 1 unspecified atom stereocenters. The number of amides is 1. The van der Waals surface area contributed by atoms with Crippen LogP contribution in [0.15, 0.2) is 12.1 Å². The lowest BCUT2D eigenvalue weighted by Crippen LogP contribution is -2.28. The topological polar surface area (TPSA) is 75.5 Å². The highest BCUT2D eigenvalue weighted by Gasteiger charge is 2.39. The van der Waals surface area contributed by atoms with Crippen molar-refractivity contribution in [2.24, 2.45) is 5.92 Å². The van der Waals surface area contributed by atoms with Gasteiger partial charge < -0.3 is 10.2 Å². The van der Waals surface area contributed by atoms with Gasteiger partial charge in [0.05, 0.1) is 15.6 Å². The maximum atomic E-state index is 11.9. The van der Waals surface area contributed by atoms with Crippen molar-refractivity contribution >= 4 is 28.9 Å². The minimum atomic E-state index is -0.453. The van der Waals surface area contributed by atoms with Crippen LogP contribution in [0.3, 0.4) is 0 Å². The summed E-state index contributed by atoms with van der Waals surface area (Å²) >= 11 is 6.14. The molecule has 7 heteroatoms. The van der Waals surface area contributed by atoms with Crippen LogP contribution in [0.4, 0.5) is 11.4 Å². The van der Waals surface area contributed by atoms with Crippen molar-refractivity contribution < 1.29 is 9.72 Å². The molecule has 0 bridgehead atoms. The Bertz CT molecular complexity index is 607. The minimum Gasteiger partial charge on any atom is -0.383 e. The summed E-state index contributed by atoms with van der Waals surface area (Å²) in [6, 6.07) is 3.32. The van der Waals surface area contributed by atoms with Gasteiger partial charge in [-0.1, -0.05) is 11.6 Å². The van der Waals surface area contributed by atoms with Crippen LogP contribution in [0.1, 0.15) is 24.8 Å². The van der Waals surface area contributed by atoms with E-state index in [1.165, 1.54) is 12.1 Å². The lowest BCUT2D eigenvalue weighted by Gasteiger charge is -2.17. The summed E-state index contributed by atoms with van der Waals surface area (Å²) in [7, 11) is 0. The first-order valence-electron chi connectivity index (χ1n) is 7.43. The number of nitrogens with one attached hydrogen (secondary N) is 1. The van der Waals surface area contributed by atoms with Gasteiger partial charge in [-0.25, -0.2) is 0 Å². The molecule has 6 nitrogen and oxygen atoms in total. The van der Waals surface area contributed by atoms with Crippen LogP contribution in [-0.2, 0) is 4.79 Å². The molecule has 1 amide bonds. The molecule has 22 heavy (non-hydrogen) atoms. The van der Waals surface area contributed by atoms with Crippen LogP contribution < -0.4 is 5.32 Å². The largest absolute Gasteiger partial charge is 0.383 e. The summed E-state index contributed by atoms with van der Waals surface area (Å²) in [4.78, 5) is 24.3. The molecule has 1 aromatic rings. The normalized spacial score (nSPS) is 21.3. The van der Waals surface area contributed by atoms with Crippen molar-refractivity contribution in [3.05, 3.63) is 32.8 Å². The lowest BCUT2D eigenvalue weighted by atomic mass is 10.1. The number of carbonyl (C=O) groups excluding carboxylic acids is 1. The molecule has 1 atom stereocenters. The number of likely N-dealkylation sites (tertiary alicyclic amines) is 1. The molecule has 118 valence electrons. The Labute approximate surface area is 133 Å². The van der Waals surface area contributed by atoms with Crippen LogP contribution in [0.5, 0.6) is 0 Å². The first-order chi connectivity index (χ1) is 10.5. The van der Waals surface area contributed by atoms with Crippen molar-refractivity contribution in [3.8, 4) is 0 Å². The van der Waals surface area contributed by atoms with Gasteiger partial charge in [-0.2, -0.15) is 0 Å². The third-order valence-electron chi connectivity index (χ3n) is 4.28. The number of non-ortho nitro benzene ring substituents is 1. The van der Waals surface area contributed by atoms with Crippen molar-refractivity contribution in [2.45, 2.75) is 32.2 Å². The molecule has 0 spiro atoms. The number of halogens is 1. The molecule has 1 heterocycles. The first-order valence-corrected chi connectivity index (χ1v) is 7.81. The highest BCUT2D eigenvalue weighted by molar-refractivity contribution is 6.33. The number of nitro groups is 1. The van der Waals surface area contributed by atoms with Crippen LogP contribution in [0.25, 0.3) is 0 Å². The molecule has 2 fully saturated rings. The predicted molar refractivity (Wildman–Crippen MR) is 84.2 cm³/mol. The molecule has 1 aliphatic carbocycles. The predicted octanol–water partition coefficient (Wildman–Crippen LogP) is 2.98. The maximum absolute atomic E-state index is 11.9. The summed E-state index contributed by atoms with van der Waals surface area (Å²) in [5, 5.41) is 14.4. The minimum absolute atomic E-state index is 0.0102. The fourth-order valence-electron chi connectivity index (χ4n) is 2.99. The highest BCUT2D eigenvalue weighted by atomic mass is 35.5. The third kappa shape index (κ3) is 3.02. The van der Waals surface area contributed by atoms with E-state index in [-0.39, 0.29) is 17.5 Å². The number of hydrogen-bond donors (Lipinski definition) is 1. The molecule has 1 N–H and O–H groups in total. The average Bonchev–Trinajstić information content (AvgIpc) is 3.21. The lowest BCUT2D eigenvalue weighted by molar-refractivity contribution is -0.384. The second kappa shape index (κ2) is 5.76. The van der Waals surface area contributed by atoms with Gasteiger partial charge in [-0.05, 0) is 25.3 Å². The standard InChI is InChI=1S/C15H18ClN3O3/c1-9-4-12(19(21)22)6-13(16)15(9)17-7-10-5-14(20)18(8-10)11-2-3-11/h4,6,10-11,17H,2-3,5,7-8H2,1H3. The van der Waals surface area contributed by atoms with E-state index < -0.39 is 4.92 Å². The van der Waals surface area contributed by atoms with E-state index in [2.05, 4.69) is 5.32 Å². The Hall–Kier alpha value is -1.82. The fraction of sp³-hybridized carbons (Fsp3) is 0.533. The van der Waals surface area contributed by atoms with E-state index in [0.717, 1.165) is 24.9 Å². The fourth-order valence-corrected chi connectivity index (χ4v) is 3.31. The summed E-state index contributed by atoms with van der Waals surface area (Å²) in [5.41, 5.74) is 1.44. The smallest absolute Gasteiger partial charge is 0.271 e. The second-order valence-corrected chi connectivity index (χ2v) is 6.51. The van der Waals surface area contributed by atoms with Crippen molar-refractivity contribution in [3.63, 3.8) is 0 Å². The third-order valence-corrected chi connectivity index (χ3v) is 4.57. The quantitative estimate of drug-likeness (QED) is 0.667. The number of nitrogens with zero attached hydrogens (tertiary/aromatic N) is 2. The summed E-state index contributed by atoms with van der Waals surface area (Å²) in [6.45, 7) is 3.23. The van der Waals surface area contributed by atoms with E-state index in [4.69, 9.17) is 11.6 Å². The molecule has 1 aromatic carbocycles.